The molecule has 0 spiro atoms. The lowest BCUT2D eigenvalue weighted by Crippen LogP contribution is -2.23. The minimum absolute atomic E-state index is 0.242. The number of carbonyl (C=O) groups excluding carboxylic acids is 2. The molecule has 148 valence electrons. The normalized spacial score (nSPS) is 15.9. The van der Waals surface area contributed by atoms with Gasteiger partial charge in [0.1, 0.15) is 0 Å². The highest BCUT2D eigenvalue weighted by molar-refractivity contribution is 7.91. The van der Waals surface area contributed by atoms with Gasteiger partial charge in [-0.2, -0.15) is 0 Å². The first-order valence-electron chi connectivity index (χ1n) is 8.53. The minimum atomic E-state index is -1.63. The third kappa shape index (κ3) is 13.3. The number of ether oxygens (including phenoxy) is 2. The summed E-state index contributed by atoms with van der Waals surface area (Å²) in [7, 11) is 0. The summed E-state index contributed by atoms with van der Waals surface area (Å²) in [6.07, 6.45) is 5.61. The summed E-state index contributed by atoms with van der Waals surface area (Å²) in [5.74, 6) is -0.759. The van der Waals surface area contributed by atoms with Crippen molar-refractivity contribution in [3.8, 4) is 0 Å². The van der Waals surface area contributed by atoms with Crippen molar-refractivity contribution in [3.63, 3.8) is 0 Å². The fourth-order valence-electron chi connectivity index (χ4n) is 1.75. The molecular formula is C16H30O7S2. The molecule has 0 aliphatic heterocycles. The maximum absolute atomic E-state index is 11.6. The van der Waals surface area contributed by atoms with Gasteiger partial charge in [0, 0.05) is 19.8 Å². The van der Waals surface area contributed by atoms with Crippen molar-refractivity contribution in [2.75, 3.05) is 12.9 Å². The predicted molar refractivity (Wildman–Crippen MR) is 97.3 cm³/mol. The lowest BCUT2D eigenvalue weighted by molar-refractivity contribution is -0.146. The average molecular weight is 399 g/mol. The second-order valence-electron chi connectivity index (χ2n) is 5.61. The third-order valence-electron chi connectivity index (χ3n) is 3.25. The maximum Gasteiger partial charge on any atom is 0.309 e. The first kappa shape index (κ1) is 24.4. The van der Waals surface area contributed by atoms with Crippen molar-refractivity contribution in [1.82, 2.24) is 0 Å². The van der Waals surface area contributed by atoms with Gasteiger partial charge in [-0.1, -0.05) is 19.8 Å². The molecule has 0 aromatic carbocycles. The van der Waals surface area contributed by atoms with E-state index in [4.69, 9.17) is 13.7 Å². The second kappa shape index (κ2) is 14.5. The molecular weight excluding hydrogens is 368 g/mol. The van der Waals surface area contributed by atoms with E-state index in [-0.39, 0.29) is 18.8 Å². The second-order valence-corrected chi connectivity index (χ2v) is 8.69. The molecule has 0 rings (SSSR count). The molecule has 4 atom stereocenters. The van der Waals surface area contributed by atoms with E-state index in [1.807, 2.05) is 6.92 Å². The van der Waals surface area contributed by atoms with Gasteiger partial charge in [0.25, 0.3) is 5.44 Å². The molecule has 0 saturated carbocycles. The van der Waals surface area contributed by atoms with E-state index in [1.54, 1.807) is 13.8 Å². The Kier molecular flexibility index (Phi) is 14.1. The van der Waals surface area contributed by atoms with Gasteiger partial charge in [-0.05, 0) is 37.4 Å². The van der Waals surface area contributed by atoms with Gasteiger partial charge >= 0.3 is 11.9 Å². The number of carbonyl (C=O) groups is 2. The van der Waals surface area contributed by atoms with Crippen LogP contribution in [0.15, 0.2) is 0 Å². The minimum Gasteiger partial charge on any atom is -0.614 e. The summed E-state index contributed by atoms with van der Waals surface area (Å²) >= 11 is -2.81. The van der Waals surface area contributed by atoms with Crippen LogP contribution in [0.3, 0.4) is 0 Å². The van der Waals surface area contributed by atoms with Crippen LogP contribution in [0.1, 0.15) is 65.7 Å². The zero-order valence-corrected chi connectivity index (χ0v) is 17.1. The van der Waals surface area contributed by atoms with Gasteiger partial charge in [0.05, 0.1) is 12.9 Å². The molecule has 0 bridgehead atoms. The van der Waals surface area contributed by atoms with Crippen molar-refractivity contribution in [2.24, 2.45) is 0 Å². The van der Waals surface area contributed by atoms with Gasteiger partial charge in [-0.3, -0.25) is 13.8 Å². The Morgan fingerprint density at radius 2 is 1.56 bits per heavy atom. The molecule has 0 radical (unpaired) electrons. The lowest BCUT2D eigenvalue weighted by Gasteiger charge is -2.14. The number of esters is 2. The number of hydrogen-bond donors (Lipinski definition) is 0. The van der Waals surface area contributed by atoms with E-state index in [2.05, 4.69) is 0 Å². The Hall–Kier alpha value is -0.640. The first-order chi connectivity index (χ1) is 11.8. The highest BCUT2D eigenvalue weighted by atomic mass is 32.2. The molecule has 0 amide bonds. The summed E-state index contributed by atoms with van der Waals surface area (Å²) < 4.78 is 37.7. The molecule has 0 saturated heterocycles. The van der Waals surface area contributed by atoms with Crippen molar-refractivity contribution in [3.05, 3.63) is 0 Å². The summed E-state index contributed by atoms with van der Waals surface area (Å²) in [5, 5.41) is 0. The molecule has 0 aromatic rings. The van der Waals surface area contributed by atoms with Crippen LogP contribution in [-0.2, 0) is 45.5 Å². The van der Waals surface area contributed by atoms with Crippen molar-refractivity contribution < 1.29 is 32.0 Å². The monoisotopic (exact) mass is 398 g/mol. The number of unbranched alkanes of at least 4 members (excludes halogenated alkanes) is 3. The predicted octanol–water partition coefficient (Wildman–Crippen LogP) is 2.57. The zero-order chi connectivity index (χ0) is 19.2. The van der Waals surface area contributed by atoms with E-state index in [0.717, 1.165) is 19.3 Å². The third-order valence-corrected chi connectivity index (χ3v) is 5.32. The van der Waals surface area contributed by atoms with Crippen LogP contribution >= 0.6 is 0 Å². The van der Waals surface area contributed by atoms with Crippen molar-refractivity contribution in [2.45, 2.75) is 76.6 Å². The number of hydrogen-bond acceptors (Lipinski definition) is 7. The highest BCUT2D eigenvalue weighted by Gasteiger charge is 2.17. The fourth-order valence-corrected chi connectivity index (χ4v) is 2.70. The molecule has 0 heterocycles. The van der Waals surface area contributed by atoms with Crippen LogP contribution in [-0.4, -0.2) is 44.4 Å². The zero-order valence-electron chi connectivity index (χ0n) is 15.5. The standard InChI is InChI=1S/C16H30O7S2/c1-5-12-21-25(20)14(3)23-16(18)11-9-7-6-8-10-15(17)22-13(2)24(4)19/h13-14H,5-12H2,1-4H3. The molecule has 9 heteroatoms. The fraction of sp³-hybridized carbons (Fsp3) is 0.875. The molecule has 25 heavy (non-hydrogen) atoms. The van der Waals surface area contributed by atoms with Crippen LogP contribution in [0.25, 0.3) is 0 Å². The molecule has 4 unspecified atom stereocenters. The highest BCUT2D eigenvalue weighted by Crippen LogP contribution is 2.10. The topological polar surface area (TPSA) is 102 Å². The van der Waals surface area contributed by atoms with E-state index in [0.29, 0.717) is 19.4 Å². The molecule has 0 aliphatic rings. The Morgan fingerprint density at radius 3 is 2.04 bits per heavy atom. The summed E-state index contributed by atoms with van der Waals surface area (Å²) in [6, 6.07) is 0. The quantitative estimate of drug-likeness (QED) is 0.252. The summed E-state index contributed by atoms with van der Waals surface area (Å²) in [6.45, 7) is 5.41. The lowest BCUT2D eigenvalue weighted by atomic mass is 10.1. The largest absolute Gasteiger partial charge is 0.614 e. The van der Waals surface area contributed by atoms with E-state index in [9.17, 15) is 18.4 Å². The Labute approximate surface area is 156 Å². The van der Waals surface area contributed by atoms with Crippen LogP contribution in [0.5, 0.6) is 0 Å². The first-order valence-corrected chi connectivity index (χ1v) is 11.3. The van der Waals surface area contributed by atoms with Crippen LogP contribution in [0, 0.1) is 0 Å². The van der Waals surface area contributed by atoms with E-state index < -0.39 is 39.1 Å². The Bertz CT molecular complexity index is 415. The molecule has 7 nitrogen and oxygen atoms in total. The molecule has 0 N–H and O–H groups in total. The van der Waals surface area contributed by atoms with Crippen molar-refractivity contribution >= 4 is 34.2 Å². The molecule has 0 aromatic heterocycles. The molecule has 0 aliphatic carbocycles. The van der Waals surface area contributed by atoms with Gasteiger partial charge in [0.15, 0.2) is 16.5 Å². The van der Waals surface area contributed by atoms with Gasteiger partial charge in [-0.15, -0.1) is 0 Å². The van der Waals surface area contributed by atoms with Gasteiger partial charge < -0.3 is 14.0 Å². The van der Waals surface area contributed by atoms with Crippen molar-refractivity contribution in [1.29, 1.82) is 0 Å². The average Bonchev–Trinajstić information content (AvgIpc) is 2.55. The molecule has 0 fully saturated rings. The Morgan fingerprint density at radius 1 is 1.04 bits per heavy atom. The van der Waals surface area contributed by atoms with Crippen LogP contribution in [0.4, 0.5) is 0 Å². The van der Waals surface area contributed by atoms with E-state index in [1.165, 1.54) is 6.26 Å². The Balaban J connectivity index is 3.69. The van der Waals surface area contributed by atoms with E-state index >= 15 is 0 Å². The number of rotatable bonds is 14. The van der Waals surface area contributed by atoms with Crippen LogP contribution < -0.4 is 0 Å². The maximum atomic E-state index is 11.6. The van der Waals surface area contributed by atoms with Gasteiger partial charge in [-0.25, -0.2) is 4.21 Å². The van der Waals surface area contributed by atoms with Crippen LogP contribution in [0.2, 0.25) is 0 Å². The summed E-state index contributed by atoms with van der Waals surface area (Å²) in [5.41, 5.74) is -1.36. The smallest absolute Gasteiger partial charge is 0.309 e. The van der Waals surface area contributed by atoms with Gasteiger partial charge in [0.2, 0.25) is 0 Å². The SMILES string of the molecule is CCCOS(=O)C(C)OC(=O)CCCCCCC(=O)OC(C)[S+](C)[O-]. The summed E-state index contributed by atoms with van der Waals surface area (Å²) in [4.78, 5) is 23.1.